The molecule has 0 aliphatic carbocycles. The topological polar surface area (TPSA) is 55.1 Å². The summed E-state index contributed by atoms with van der Waals surface area (Å²) in [5.74, 6) is -0.239. The molecule has 2 unspecified atom stereocenters. The summed E-state index contributed by atoms with van der Waals surface area (Å²) < 4.78 is 0. The van der Waals surface area contributed by atoms with E-state index in [0.29, 0.717) is 11.6 Å². The van der Waals surface area contributed by atoms with Gasteiger partial charge in [-0.2, -0.15) is 0 Å². The van der Waals surface area contributed by atoms with Gasteiger partial charge in [0.2, 0.25) is 5.91 Å². The summed E-state index contributed by atoms with van der Waals surface area (Å²) in [6.07, 6.45) is 0. The van der Waals surface area contributed by atoms with E-state index >= 15 is 0 Å². The molecule has 0 aliphatic heterocycles. The number of benzene rings is 1. The van der Waals surface area contributed by atoms with Crippen molar-refractivity contribution in [2.45, 2.75) is 26.4 Å². The van der Waals surface area contributed by atoms with Crippen LogP contribution in [0.15, 0.2) is 24.3 Å². The van der Waals surface area contributed by atoms with Gasteiger partial charge in [-0.3, -0.25) is 4.79 Å². The van der Waals surface area contributed by atoms with E-state index < -0.39 is 0 Å². The van der Waals surface area contributed by atoms with Gasteiger partial charge in [0.1, 0.15) is 0 Å². The van der Waals surface area contributed by atoms with Crippen LogP contribution >= 0.6 is 24.0 Å². The van der Waals surface area contributed by atoms with Crippen LogP contribution in [-0.4, -0.2) is 11.9 Å². The number of nitrogens with two attached hydrogens (primary N) is 1. The summed E-state index contributed by atoms with van der Waals surface area (Å²) in [4.78, 5) is 11.6. The first-order valence-electron chi connectivity index (χ1n) is 5.29. The predicted octanol–water partition coefficient (Wildman–Crippen LogP) is 2.36. The Hall–Kier alpha value is -0.770. The van der Waals surface area contributed by atoms with Gasteiger partial charge in [-0.05, 0) is 18.6 Å². The van der Waals surface area contributed by atoms with Gasteiger partial charge in [-0.15, -0.1) is 12.4 Å². The summed E-state index contributed by atoms with van der Waals surface area (Å²) >= 11 is 5.97. The molecule has 0 saturated heterocycles. The normalized spacial score (nSPS) is 13.4. The summed E-state index contributed by atoms with van der Waals surface area (Å²) in [6.45, 7) is 4.07. The Bertz CT molecular complexity index is 369. The van der Waals surface area contributed by atoms with Crippen molar-refractivity contribution in [1.82, 2.24) is 5.32 Å². The fraction of sp³-hybridized carbons (Fsp3) is 0.417. The highest BCUT2D eigenvalue weighted by Crippen LogP contribution is 2.14. The zero-order chi connectivity index (χ0) is 12.1. The highest BCUT2D eigenvalue weighted by atomic mass is 35.5. The average molecular weight is 277 g/mol. The van der Waals surface area contributed by atoms with Gasteiger partial charge in [0.25, 0.3) is 0 Å². The molecule has 0 spiro atoms. The maximum atomic E-state index is 11.6. The van der Waals surface area contributed by atoms with Crippen molar-refractivity contribution in [3.8, 4) is 0 Å². The largest absolute Gasteiger partial charge is 0.352 e. The van der Waals surface area contributed by atoms with Crippen LogP contribution < -0.4 is 11.1 Å². The third-order valence-corrected chi connectivity index (χ3v) is 2.98. The van der Waals surface area contributed by atoms with Crippen molar-refractivity contribution in [3.05, 3.63) is 34.9 Å². The van der Waals surface area contributed by atoms with Crippen LogP contribution in [0.3, 0.4) is 0 Å². The number of nitrogens with one attached hydrogen (secondary N) is 1. The Balaban J connectivity index is 0.00000256. The van der Waals surface area contributed by atoms with Gasteiger partial charge in [0.15, 0.2) is 0 Å². The highest BCUT2D eigenvalue weighted by Gasteiger charge is 2.16. The van der Waals surface area contributed by atoms with Crippen LogP contribution in [0.1, 0.15) is 19.4 Å². The van der Waals surface area contributed by atoms with E-state index in [2.05, 4.69) is 5.32 Å². The second-order valence-electron chi connectivity index (χ2n) is 3.96. The molecule has 0 aromatic heterocycles. The van der Waals surface area contributed by atoms with Crippen LogP contribution in [0.2, 0.25) is 5.02 Å². The van der Waals surface area contributed by atoms with Gasteiger partial charge in [-0.1, -0.05) is 36.7 Å². The summed E-state index contributed by atoms with van der Waals surface area (Å²) in [5.41, 5.74) is 6.56. The van der Waals surface area contributed by atoms with E-state index in [1.807, 2.05) is 32.0 Å². The van der Waals surface area contributed by atoms with E-state index in [9.17, 15) is 4.79 Å². The van der Waals surface area contributed by atoms with Gasteiger partial charge in [0, 0.05) is 23.5 Å². The fourth-order valence-electron chi connectivity index (χ4n) is 1.22. The lowest BCUT2D eigenvalue weighted by Gasteiger charge is -2.15. The Kier molecular flexibility index (Phi) is 7.19. The molecular weight excluding hydrogens is 259 g/mol. The molecule has 3 nitrogen and oxygen atoms in total. The van der Waals surface area contributed by atoms with Crippen LogP contribution in [0.5, 0.6) is 0 Å². The smallest absolute Gasteiger partial charge is 0.224 e. The minimum Gasteiger partial charge on any atom is -0.352 e. The van der Waals surface area contributed by atoms with Gasteiger partial charge in [-0.25, -0.2) is 0 Å². The van der Waals surface area contributed by atoms with Crippen LogP contribution in [0.25, 0.3) is 0 Å². The Morgan fingerprint density at radius 1 is 1.41 bits per heavy atom. The summed E-state index contributed by atoms with van der Waals surface area (Å²) in [7, 11) is 0. The minimum absolute atomic E-state index is 0. The lowest BCUT2D eigenvalue weighted by molar-refractivity contribution is -0.125. The Labute approximate surface area is 113 Å². The molecule has 2 atom stereocenters. The van der Waals surface area contributed by atoms with Crippen molar-refractivity contribution in [3.63, 3.8) is 0 Å². The summed E-state index contributed by atoms with van der Waals surface area (Å²) in [6, 6.07) is 7.30. The first-order chi connectivity index (χ1) is 7.52. The SMILES string of the molecule is CC(N)C(C)C(=O)NCc1ccccc1Cl.Cl. The fourth-order valence-corrected chi connectivity index (χ4v) is 1.43. The molecule has 1 amide bonds. The third-order valence-electron chi connectivity index (χ3n) is 2.61. The zero-order valence-electron chi connectivity index (χ0n) is 9.94. The molecule has 96 valence electrons. The number of hydrogen-bond acceptors (Lipinski definition) is 2. The second kappa shape index (κ2) is 7.54. The minimum atomic E-state index is -0.192. The van der Waals surface area contributed by atoms with E-state index in [1.165, 1.54) is 0 Å². The molecule has 0 bridgehead atoms. The van der Waals surface area contributed by atoms with Crippen LogP contribution in [0, 0.1) is 5.92 Å². The average Bonchev–Trinajstić information content (AvgIpc) is 2.26. The van der Waals surface area contributed by atoms with Crippen molar-refractivity contribution >= 4 is 29.9 Å². The Morgan fingerprint density at radius 3 is 2.53 bits per heavy atom. The number of carbonyl (C=O) groups excluding carboxylic acids is 1. The predicted molar refractivity (Wildman–Crippen MR) is 73.4 cm³/mol. The standard InChI is InChI=1S/C12H17ClN2O.ClH/c1-8(9(2)14)12(16)15-7-10-5-3-4-6-11(10)13;/h3-6,8-9H,7,14H2,1-2H3,(H,15,16);1H. The van der Waals surface area contributed by atoms with E-state index in [0.717, 1.165) is 5.56 Å². The molecule has 0 radical (unpaired) electrons. The van der Waals surface area contributed by atoms with Gasteiger partial charge >= 0.3 is 0 Å². The molecule has 0 saturated carbocycles. The van der Waals surface area contributed by atoms with E-state index in [4.69, 9.17) is 17.3 Å². The highest BCUT2D eigenvalue weighted by molar-refractivity contribution is 6.31. The van der Waals surface area contributed by atoms with Crippen molar-refractivity contribution in [2.24, 2.45) is 11.7 Å². The molecule has 1 aromatic carbocycles. The molecule has 5 heteroatoms. The first kappa shape index (κ1) is 16.2. The monoisotopic (exact) mass is 276 g/mol. The molecule has 3 N–H and O–H groups in total. The number of halogens is 2. The van der Waals surface area contributed by atoms with Crippen molar-refractivity contribution in [2.75, 3.05) is 0 Å². The lowest BCUT2D eigenvalue weighted by Crippen LogP contribution is -2.38. The first-order valence-corrected chi connectivity index (χ1v) is 5.67. The second-order valence-corrected chi connectivity index (χ2v) is 4.36. The van der Waals surface area contributed by atoms with E-state index in [-0.39, 0.29) is 30.3 Å². The maximum Gasteiger partial charge on any atom is 0.224 e. The number of amides is 1. The number of carbonyl (C=O) groups is 1. The van der Waals surface area contributed by atoms with E-state index in [1.54, 1.807) is 6.07 Å². The molecule has 0 fully saturated rings. The van der Waals surface area contributed by atoms with Crippen LogP contribution in [0.4, 0.5) is 0 Å². The molecule has 17 heavy (non-hydrogen) atoms. The molecule has 1 aromatic rings. The van der Waals surface area contributed by atoms with Crippen molar-refractivity contribution < 1.29 is 4.79 Å². The van der Waals surface area contributed by atoms with Gasteiger partial charge in [0.05, 0.1) is 0 Å². The zero-order valence-corrected chi connectivity index (χ0v) is 11.5. The van der Waals surface area contributed by atoms with Gasteiger partial charge < -0.3 is 11.1 Å². The molecular formula is C12H18Cl2N2O. The summed E-state index contributed by atoms with van der Waals surface area (Å²) in [5, 5.41) is 3.48. The number of rotatable bonds is 4. The maximum absolute atomic E-state index is 11.6. The number of hydrogen-bond donors (Lipinski definition) is 2. The molecule has 1 rings (SSSR count). The molecule has 0 heterocycles. The van der Waals surface area contributed by atoms with Crippen molar-refractivity contribution in [1.29, 1.82) is 0 Å². The third kappa shape index (κ3) is 4.94. The lowest BCUT2D eigenvalue weighted by atomic mass is 10.0. The Morgan fingerprint density at radius 2 is 2.00 bits per heavy atom. The quantitative estimate of drug-likeness (QED) is 0.887. The molecule has 0 aliphatic rings. The van der Waals surface area contributed by atoms with Crippen LogP contribution in [-0.2, 0) is 11.3 Å².